The van der Waals surface area contributed by atoms with Gasteiger partial charge in [0.15, 0.2) is 0 Å². The van der Waals surface area contributed by atoms with E-state index in [1.54, 1.807) is 26.0 Å². The summed E-state index contributed by atoms with van der Waals surface area (Å²) in [5.41, 5.74) is -0.883. The highest BCUT2D eigenvalue weighted by molar-refractivity contribution is 5.87. The van der Waals surface area contributed by atoms with Crippen LogP contribution >= 0.6 is 0 Å². The van der Waals surface area contributed by atoms with Gasteiger partial charge in [-0.05, 0) is 26.7 Å². The third-order valence-electron chi connectivity index (χ3n) is 2.61. The fraction of sp³-hybridized carbons (Fsp3) is 0.500. The Balaban J connectivity index is 3.79. The number of hydrogen-bond donors (Lipinski definition) is 2. The van der Waals surface area contributed by atoms with Crippen molar-refractivity contribution < 1.29 is 9.90 Å². The molecule has 0 saturated heterocycles. The monoisotopic (exact) mass is 291 g/mol. The zero-order chi connectivity index (χ0) is 16.0. The molecule has 0 spiro atoms. The molecule has 0 bridgehead atoms. The fourth-order valence-electron chi connectivity index (χ4n) is 1.45. The molecule has 0 aromatic heterocycles. The lowest BCUT2D eigenvalue weighted by molar-refractivity contribution is -0.117. The van der Waals surface area contributed by atoms with E-state index in [0.717, 1.165) is 6.42 Å². The van der Waals surface area contributed by atoms with Gasteiger partial charge in [0.05, 0.1) is 5.60 Å². The first-order chi connectivity index (χ1) is 9.95. The minimum Gasteiger partial charge on any atom is -0.389 e. The van der Waals surface area contributed by atoms with Crippen molar-refractivity contribution in [1.29, 1.82) is 0 Å². The maximum absolute atomic E-state index is 11.4. The van der Waals surface area contributed by atoms with Gasteiger partial charge < -0.3 is 10.4 Å². The standard InChI is InChI=1S/C18H29NO2/c1-4-5-6-7-8-9-10-11-12-13-14-15-17(20)19-16-18(2,3)21/h8-15,21H,4-7,16H2,1-3H3,(H,19,20). The molecule has 1 amide bonds. The predicted molar refractivity (Wildman–Crippen MR) is 90.0 cm³/mol. The van der Waals surface area contributed by atoms with Gasteiger partial charge in [0.2, 0.25) is 5.91 Å². The molecule has 118 valence electrons. The average molecular weight is 291 g/mol. The number of amides is 1. The molecule has 0 aliphatic carbocycles. The minimum absolute atomic E-state index is 0.207. The molecule has 0 saturated carbocycles. The molecule has 0 aliphatic rings. The molecule has 21 heavy (non-hydrogen) atoms. The summed E-state index contributed by atoms with van der Waals surface area (Å²) in [6, 6.07) is 0. The topological polar surface area (TPSA) is 49.3 Å². The normalized spacial score (nSPS) is 13.1. The van der Waals surface area contributed by atoms with Crippen LogP contribution in [0.1, 0.15) is 46.5 Å². The Morgan fingerprint density at radius 2 is 1.67 bits per heavy atom. The van der Waals surface area contributed by atoms with Crippen molar-refractivity contribution in [3.05, 3.63) is 48.6 Å². The Labute approximate surface area is 129 Å². The van der Waals surface area contributed by atoms with Crippen LogP contribution in [0.4, 0.5) is 0 Å². The lowest BCUT2D eigenvalue weighted by Crippen LogP contribution is -2.37. The van der Waals surface area contributed by atoms with Crippen LogP contribution in [0.3, 0.4) is 0 Å². The molecule has 3 heteroatoms. The molecule has 2 N–H and O–H groups in total. The molecule has 0 aromatic rings. The lowest BCUT2D eigenvalue weighted by atomic mass is 10.1. The van der Waals surface area contributed by atoms with Crippen molar-refractivity contribution in [3.63, 3.8) is 0 Å². The number of allylic oxidation sites excluding steroid dienone is 7. The van der Waals surface area contributed by atoms with Crippen LogP contribution in [-0.4, -0.2) is 23.2 Å². The quantitative estimate of drug-likeness (QED) is 0.366. The second-order valence-corrected chi connectivity index (χ2v) is 5.58. The molecule has 0 atom stereocenters. The highest BCUT2D eigenvalue weighted by Gasteiger charge is 2.12. The summed E-state index contributed by atoms with van der Waals surface area (Å²) in [5.74, 6) is -0.207. The summed E-state index contributed by atoms with van der Waals surface area (Å²) in [6.07, 6.45) is 19.8. The Morgan fingerprint density at radius 3 is 2.29 bits per heavy atom. The number of nitrogens with one attached hydrogen (secondary N) is 1. The van der Waals surface area contributed by atoms with E-state index in [4.69, 9.17) is 0 Å². The van der Waals surface area contributed by atoms with Crippen LogP contribution in [0.2, 0.25) is 0 Å². The van der Waals surface area contributed by atoms with Crippen molar-refractivity contribution in [2.75, 3.05) is 6.54 Å². The van der Waals surface area contributed by atoms with Gasteiger partial charge in [0, 0.05) is 12.6 Å². The van der Waals surface area contributed by atoms with Gasteiger partial charge in [-0.25, -0.2) is 0 Å². The summed E-state index contributed by atoms with van der Waals surface area (Å²) in [4.78, 5) is 11.4. The van der Waals surface area contributed by atoms with Crippen LogP contribution in [0.15, 0.2) is 48.6 Å². The summed E-state index contributed by atoms with van der Waals surface area (Å²) in [6.45, 7) is 5.74. The smallest absolute Gasteiger partial charge is 0.244 e. The number of carbonyl (C=O) groups excluding carboxylic acids is 1. The van der Waals surface area contributed by atoms with Gasteiger partial charge in [-0.2, -0.15) is 0 Å². The molecule has 0 unspecified atom stereocenters. The van der Waals surface area contributed by atoms with E-state index in [-0.39, 0.29) is 12.5 Å². The molecule has 0 fully saturated rings. The number of hydrogen-bond acceptors (Lipinski definition) is 2. The number of unbranched alkanes of at least 4 members (excludes halogenated alkanes) is 3. The SMILES string of the molecule is CCCCCC=CC=CC=CC=CC(=O)NCC(C)(C)O. The lowest BCUT2D eigenvalue weighted by Gasteiger charge is -2.16. The Hall–Kier alpha value is -1.61. The maximum Gasteiger partial charge on any atom is 0.244 e. The zero-order valence-electron chi connectivity index (χ0n) is 13.5. The third-order valence-corrected chi connectivity index (χ3v) is 2.61. The number of carbonyl (C=O) groups is 1. The minimum atomic E-state index is -0.883. The van der Waals surface area contributed by atoms with E-state index >= 15 is 0 Å². The van der Waals surface area contributed by atoms with Gasteiger partial charge in [0.1, 0.15) is 0 Å². The third kappa shape index (κ3) is 16.3. The first kappa shape index (κ1) is 19.4. The number of aliphatic hydroxyl groups is 1. The Bertz CT molecular complexity index is 385. The van der Waals surface area contributed by atoms with E-state index in [0.29, 0.717) is 0 Å². The van der Waals surface area contributed by atoms with Gasteiger partial charge in [-0.15, -0.1) is 0 Å². The maximum atomic E-state index is 11.4. The molecular formula is C18H29NO2. The first-order valence-electron chi connectivity index (χ1n) is 7.62. The molecule has 0 heterocycles. The average Bonchev–Trinajstić information content (AvgIpc) is 2.42. The van der Waals surface area contributed by atoms with Crippen LogP contribution in [0.25, 0.3) is 0 Å². The second-order valence-electron chi connectivity index (χ2n) is 5.58. The summed E-state index contributed by atoms with van der Waals surface area (Å²) < 4.78 is 0. The molecule has 0 rings (SSSR count). The van der Waals surface area contributed by atoms with E-state index in [1.807, 2.05) is 24.3 Å². The van der Waals surface area contributed by atoms with Gasteiger partial charge >= 0.3 is 0 Å². The van der Waals surface area contributed by atoms with Crippen molar-refractivity contribution in [3.8, 4) is 0 Å². The predicted octanol–water partition coefficient (Wildman–Crippen LogP) is 3.68. The van der Waals surface area contributed by atoms with Crippen LogP contribution in [0, 0.1) is 0 Å². The van der Waals surface area contributed by atoms with Crippen molar-refractivity contribution >= 4 is 5.91 Å². The van der Waals surface area contributed by atoms with E-state index < -0.39 is 5.60 Å². The van der Waals surface area contributed by atoms with E-state index in [2.05, 4.69) is 18.3 Å². The molecule has 3 nitrogen and oxygen atoms in total. The van der Waals surface area contributed by atoms with Gasteiger partial charge in [-0.3, -0.25) is 4.79 Å². The van der Waals surface area contributed by atoms with Crippen molar-refractivity contribution in [2.24, 2.45) is 0 Å². The number of rotatable bonds is 10. The van der Waals surface area contributed by atoms with Gasteiger partial charge in [0.25, 0.3) is 0 Å². The largest absolute Gasteiger partial charge is 0.389 e. The summed E-state index contributed by atoms with van der Waals surface area (Å²) >= 11 is 0. The summed E-state index contributed by atoms with van der Waals surface area (Å²) in [7, 11) is 0. The zero-order valence-corrected chi connectivity index (χ0v) is 13.5. The molecule has 0 aliphatic heterocycles. The van der Waals surface area contributed by atoms with E-state index in [9.17, 15) is 9.90 Å². The van der Waals surface area contributed by atoms with Crippen molar-refractivity contribution in [2.45, 2.75) is 52.1 Å². The molecule has 0 aromatic carbocycles. The van der Waals surface area contributed by atoms with Crippen molar-refractivity contribution in [1.82, 2.24) is 5.32 Å². The second kappa shape index (κ2) is 12.2. The summed E-state index contributed by atoms with van der Waals surface area (Å²) in [5, 5.41) is 12.1. The van der Waals surface area contributed by atoms with Gasteiger partial charge in [-0.1, -0.05) is 62.3 Å². The Kier molecular flexibility index (Phi) is 11.2. The highest BCUT2D eigenvalue weighted by atomic mass is 16.3. The van der Waals surface area contributed by atoms with Crippen LogP contribution in [0.5, 0.6) is 0 Å². The molecule has 0 radical (unpaired) electrons. The fourth-order valence-corrected chi connectivity index (χ4v) is 1.45. The highest BCUT2D eigenvalue weighted by Crippen LogP contribution is 1.99. The molecular weight excluding hydrogens is 262 g/mol. The van der Waals surface area contributed by atoms with Crippen LogP contribution < -0.4 is 5.32 Å². The van der Waals surface area contributed by atoms with Crippen LogP contribution in [-0.2, 0) is 4.79 Å². The first-order valence-corrected chi connectivity index (χ1v) is 7.62. The van der Waals surface area contributed by atoms with E-state index in [1.165, 1.54) is 25.3 Å². The Morgan fingerprint density at radius 1 is 1.05 bits per heavy atom.